The maximum absolute atomic E-state index is 9.02. The zero-order valence-electron chi connectivity index (χ0n) is 7.55. The Bertz CT molecular complexity index is 155. The molecule has 1 aliphatic heterocycles. The fraction of sp³-hybridized carbons (Fsp3) is 1.00. The summed E-state index contributed by atoms with van der Waals surface area (Å²) in [6.07, 6.45) is -0.0532. The van der Waals surface area contributed by atoms with Gasteiger partial charge in [0.05, 0.1) is 12.7 Å². The largest absolute Gasteiger partial charge is 0.393 e. The van der Waals surface area contributed by atoms with Gasteiger partial charge in [0.15, 0.2) is 5.79 Å². The number of hydrogen-bond donors (Lipinski definition) is 1. The first-order valence-electron chi connectivity index (χ1n) is 3.88. The molecule has 0 aromatic rings. The zero-order chi connectivity index (χ0) is 8.70. The normalized spacial score (nSPS) is 42.8. The molecule has 3 nitrogen and oxygen atoms in total. The Morgan fingerprint density at radius 2 is 1.91 bits per heavy atom. The first-order valence-corrected chi connectivity index (χ1v) is 3.88. The van der Waals surface area contributed by atoms with Gasteiger partial charge in [-0.1, -0.05) is 0 Å². The predicted molar refractivity (Wildman–Crippen MR) is 41.2 cm³/mol. The van der Waals surface area contributed by atoms with Crippen LogP contribution in [-0.4, -0.2) is 29.2 Å². The van der Waals surface area contributed by atoms with Gasteiger partial charge in [-0.25, -0.2) is 0 Å². The highest BCUT2D eigenvalue weighted by Gasteiger charge is 2.47. The molecule has 0 spiro atoms. The van der Waals surface area contributed by atoms with Gasteiger partial charge in [-0.15, -0.1) is 0 Å². The van der Waals surface area contributed by atoms with Gasteiger partial charge >= 0.3 is 0 Å². The zero-order valence-corrected chi connectivity index (χ0v) is 7.55. The molecular weight excluding hydrogens is 144 g/mol. The minimum absolute atomic E-state index is 0.00238. The lowest BCUT2D eigenvalue weighted by molar-refractivity contribution is -0.165. The van der Waals surface area contributed by atoms with Crippen LogP contribution in [0, 0.1) is 0 Å². The van der Waals surface area contributed by atoms with Gasteiger partial charge in [-0.05, 0) is 27.7 Å². The van der Waals surface area contributed by atoms with Crippen LogP contribution in [0.2, 0.25) is 0 Å². The molecule has 0 aliphatic carbocycles. The standard InChI is InChI=1S/C8H16O3/c1-6-8(4,5-9)11-7(2,3)10-6/h6,9H,5H2,1-4H3/t6-,8-/m1/s1. The topological polar surface area (TPSA) is 38.7 Å². The fourth-order valence-electron chi connectivity index (χ4n) is 1.38. The third-order valence-electron chi connectivity index (χ3n) is 2.11. The minimum Gasteiger partial charge on any atom is -0.393 e. The summed E-state index contributed by atoms with van der Waals surface area (Å²) in [6, 6.07) is 0. The minimum atomic E-state index is -0.559. The highest BCUT2D eigenvalue weighted by Crippen LogP contribution is 2.35. The molecular formula is C8H16O3. The van der Waals surface area contributed by atoms with E-state index in [-0.39, 0.29) is 12.7 Å². The molecule has 1 rings (SSSR count). The van der Waals surface area contributed by atoms with Crippen molar-refractivity contribution in [2.24, 2.45) is 0 Å². The van der Waals surface area contributed by atoms with Crippen LogP contribution >= 0.6 is 0 Å². The Balaban J connectivity index is 2.73. The third-order valence-corrected chi connectivity index (χ3v) is 2.11. The van der Waals surface area contributed by atoms with E-state index in [0.29, 0.717) is 0 Å². The van der Waals surface area contributed by atoms with Crippen molar-refractivity contribution in [2.45, 2.75) is 45.2 Å². The van der Waals surface area contributed by atoms with Crippen LogP contribution in [-0.2, 0) is 9.47 Å². The highest BCUT2D eigenvalue weighted by atomic mass is 16.8. The van der Waals surface area contributed by atoms with Crippen molar-refractivity contribution in [3.63, 3.8) is 0 Å². The Morgan fingerprint density at radius 1 is 1.36 bits per heavy atom. The van der Waals surface area contributed by atoms with Crippen LogP contribution in [0.3, 0.4) is 0 Å². The fourth-order valence-corrected chi connectivity index (χ4v) is 1.38. The SMILES string of the molecule is C[C@H]1OC(C)(C)O[C@]1(C)CO. The van der Waals surface area contributed by atoms with Gasteiger partial charge in [0.25, 0.3) is 0 Å². The van der Waals surface area contributed by atoms with Crippen molar-refractivity contribution in [2.75, 3.05) is 6.61 Å². The quantitative estimate of drug-likeness (QED) is 0.619. The van der Waals surface area contributed by atoms with Crippen molar-refractivity contribution in [1.29, 1.82) is 0 Å². The summed E-state index contributed by atoms with van der Waals surface area (Å²) >= 11 is 0. The van der Waals surface area contributed by atoms with Gasteiger partial charge in [-0.3, -0.25) is 0 Å². The lowest BCUT2D eigenvalue weighted by Crippen LogP contribution is -2.39. The lowest BCUT2D eigenvalue weighted by Gasteiger charge is -2.24. The van der Waals surface area contributed by atoms with Crippen LogP contribution in [0.25, 0.3) is 0 Å². The Morgan fingerprint density at radius 3 is 2.09 bits per heavy atom. The predicted octanol–water partition coefficient (Wildman–Crippen LogP) is 0.909. The molecule has 2 atom stereocenters. The number of aliphatic hydroxyl groups is 1. The average molecular weight is 160 g/mol. The van der Waals surface area contributed by atoms with Crippen molar-refractivity contribution < 1.29 is 14.6 Å². The summed E-state index contributed by atoms with van der Waals surface area (Å²) < 4.78 is 11.0. The third kappa shape index (κ3) is 1.55. The average Bonchev–Trinajstić information content (AvgIpc) is 2.03. The summed E-state index contributed by atoms with van der Waals surface area (Å²) in [5.74, 6) is -0.559. The van der Waals surface area contributed by atoms with E-state index >= 15 is 0 Å². The van der Waals surface area contributed by atoms with E-state index in [9.17, 15) is 0 Å². The molecule has 11 heavy (non-hydrogen) atoms. The van der Waals surface area contributed by atoms with E-state index in [2.05, 4.69) is 0 Å². The summed E-state index contributed by atoms with van der Waals surface area (Å²) in [5.41, 5.74) is -0.538. The van der Waals surface area contributed by atoms with Crippen molar-refractivity contribution in [3.05, 3.63) is 0 Å². The maximum Gasteiger partial charge on any atom is 0.164 e. The van der Waals surface area contributed by atoms with Crippen molar-refractivity contribution >= 4 is 0 Å². The molecule has 66 valence electrons. The second-order valence-electron chi connectivity index (χ2n) is 3.73. The molecule has 0 radical (unpaired) electrons. The first kappa shape index (κ1) is 8.97. The van der Waals surface area contributed by atoms with Gasteiger partial charge in [0.2, 0.25) is 0 Å². The summed E-state index contributed by atoms with van der Waals surface area (Å²) in [6.45, 7) is 7.46. The molecule has 1 saturated heterocycles. The van der Waals surface area contributed by atoms with Crippen LogP contribution in [0.4, 0.5) is 0 Å². The molecule has 1 aliphatic rings. The van der Waals surface area contributed by atoms with E-state index in [0.717, 1.165) is 0 Å². The summed E-state index contributed by atoms with van der Waals surface area (Å²) in [4.78, 5) is 0. The van der Waals surface area contributed by atoms with Gasteiger partial charge in [0.1, 0.15) is 5.60 Å². The van der Waals surface area contributed by atoms with Gasteiger partial charge in [0, 0.05) is 0 Å². The Hall–Kier alpha value is -0.120. The highest BCUT2D eigenvalue weighted by molar-refractivity contribution is 4.89. The van der Waals surface area contributed by atoms with Gasteiger partial charge < -0.3 is 14.6 Å². The molecule has 0 aromatic heterocycles. The van der Waals surface area contributed by atoms with E-state index in [1.807, 2.05) is 27.7 Å². The molecule has 0 amide bonds. The molecule has 0 aromatic carbocycles. The summed E-state index contributed by atoms with van der Waals surface area (Å²) in [5, 5.41) is 9.02. The monoisotopic (exact) mass is 160 g/mol. The number of aliphatic hydroxyl groups excluding tert-OH is 1. The van der Waals surface area contributed by atoms with E-state index < -0.39 is 11.4 Å². The van der Waals surface area contributed by atoms with Crippen molar-refractivity contribution in [1.82, 2.24) is 0 Å². The molecule has 1 fully saturated rings. The van der Waals surface area contributed by atoms with Crippen LogP contribution in [0.5, 0.6) is 0 Å². The number of hydrogen-bond acceptors (Lipinski definition) is 3. The van der Waals surface area contributed by atoms with Crippen molar-refractivity contribution in [3.8, 4) is 0 Å². The molecule has 0 bridgehead atoms. The molecule has 1 heterocycles. The molecule has 0 unspecified atom stereocenters. The summed E-state index contributed by atoms with van der Waals surface area (Å²) in [7, 11) is 0. The van der Waals surface area contributed by atoms with E-state index in [1.165, 1.54) is 0 Å². The number of rotatable bonds is 1. The Labute approximate surface area is 67.3 Å². The van der Waals surface area contributed by atoms with Crippen LogP contribution in [0.15, 0.2) is 0 Å². The maximum atomic E-state index is 9.02. The second kappa shape index (κ2) is 2.44. The van der Waals surface area contributed by atoms with Crippen LogP contribution < -0.4 is 0 Å². The van der Waals surface area contributed by atoms with Gasteiger partial charge in [-0.2, -0.15) is 0 Å². The number of ether oxygens (including phenoxy) is 2. The molecule has 0 saturated carbocycles. The molecule has 3 heteroatoms. The first-order chi connectivity index (χ1) is 4.90. The molecule has 1 N–H and O–H groups in total. The van der Waals surface area contributed by atoms with E-state index in [1.54, 1.807) is 0 Å². The second-order valence-corrected chi connectivity index (χ2v) is 3.73. The lowest BCUT2D eigenvalue weighted by atomic mass is 10.0. The smallest absolute Gasteiger partial charge is 0.164 e. The van der Waals surface area contributed by atoms with Crippen LogP contribution in [0.1, 0.15) is 27.7 Å². The van der Waals surface area contributed by atoms with E-state index in [4.69, 9.17) is 14.6 Å². The Kier molecular flexibility index (Phi) is 1.99.